The van der Waals surface area contributed by atoms with Crippen LogP contribution >= 0.6 is 0 Å². The van der Waals surface area contributed by atoms with Crippen molar-refractivity contribution in [3.63, 3.8) is 0 Å². The van der Waals surface area contributed by atoms with Crippen molar-refractivity contribution in [2.24, 2.45) is 7.05 Å². The van der Waals surface area contributed by atoms with Crippen LogP contribution in [0.3, 0.4) is 0 Å². The summed E-state index contributed by atoms with van der Waals surface area (Å²) in [5.74, 6) is 0.844. The zero-order valence-corrected chi connectivity index (χ0v) is 15.1. The minimum absolute atomic E-state index is 0.0977. The molecule has 0 saturated heterocycles. The maximum absolute atomic E-state index is 12.7. The van der Waals surface area contributed by atoms with Crippen LogP contribution in [0, 0.1) is 0 Å². The Morgan fingerprint density at radius 3 is 2.50 bits per heavy atom. The summed E-state index contributed by atoms with van der Waals surface area (Å²) in [7, 11) is 1.83. The molecule has 3 aromatic rings. The van der Waals surface area contributed by atoms with Crippen LogP contribution in [0.2, 0.25) is 0 Å². The maximum Gasteiger partial charge on any atom is 0.279 e. The summed E-state index contributed by atoms with van der Waals surface area (Å²) >= 11 is 0. The molecule has 0 spiro atoms. The van der Waals surface area contributed by atoms with E-state index >= 15 is 0 Å². The van der Waals surface area contributed by atoms with Crippen LogP contribution in [-0.4, -0.2) is 43.5 Å². The lowest BCUT2D eigenvalue weighted by molar-refractivity contribution is 0.0991. The summed E-state index contributed by atoms with van der Waals surface area (Å²) in [5, 5.41) is 8.61. The summed E-state index contributed by atoms with van der Waals surface area (Å²) in [5.41, 5.74) is 3.02. The third-order valence-electron chi connectivity index (χ3n) is 4.65. The van der Waals surface area contributed by atoms with E-state index in [1.165, 1.54) is 0 Å². The molecule has 134 valence electrons. The summed E-state index contributed by atoms with van der Waals surface area (Å²) in [6.07, 6.45) is 7.21. The molecule has 0 saturated carbocycles. The minimum Gasteiger partial charge on any atom is -0.357 e. The minimum atomic E-state index is -0.0977. The van der Waals surface area contributed by atoms with Crippen molar-refractivity contribution >= 4 is 17.4 Å². The van der Waals surface area contributed by atoms with Gasteiger partial charge in [0.25, 0.3) is 5.91 Å². The second kappa shape index (κ2) is 6.29. The molecule has 0 aromatic carbocycles. The van der Waals surface area contributed by atoms with E-state index in [4.69, 9.17) is 0 Å². The average molecular weight is 351 g/mol. The van der Waals surface area contributed by atoms with Crippen LogP contribution < -0.4 is 9.80 Å². The molecule has 1 amide bonds. The number of carbonyl (C=O) groups excluding carboxylic acids is 1. The van der Waals surface area contributed by atoms with Gasteiger partial charge in [-0.1, -0.05) is 0 Å². The van der Waals surface area contributed by atoms with Gasteiger partial charge in [0.15, 0.2) is 5.69 Å². The highest BCUT2D eigenvalue weighted by Gasteiger charge is 2.32. The highest BCUT2D eigenvalue weighted by atomic mass is 16.2. The van der Waals surface area contributed by atoms with Gasteiger partial charge >= 0.3 is 0 Å². The number of nitrogens with zero attached hydrogens (tertiary/aromatic N) is 7. The van der Waals surface area contributed by atoms with Crippen LogP contribution in [0.5, 0.6) is 0 Å². The molecule has 8 nitrogen and oxygen atoms in total. The van der Waals surface area contributed by atoms with Crippen molar-refractivity contribution in [3.05, 3.63) is 48.2 Å². The van der Waals surface area contributed by atoms with Crippen molar-refractivity contribution in [2.45, 2.75) is 20.4 Å². The van der Waals surface area contributed by atoms with E-state index in [1.807, 2.05) is 31.6 Å². The molecule has 0 atom stereocenters. The molecule has 4 rings (SSSR count). The molecule has 0 N–H and O–H groups in total. The van der Waals surface area contributed by atoms with Crippen LogP contribution in [0.25, 0.3) is 5.69 Å². The predicted octanol–water partition coefficient (Wildman–Crippen LogP) is 2.01. The normalized spacial score (nSPS) is 13.3. The quantitative estimate of drug-likeness (QED) is 0.703. The second-order valence-electron chi connectivity index (χ2n) is 6.26. The number of amides is 1. The van der Waals surface area contributed by atoms with Gasteiger partial charge in [0.1, 0.15) is 5.82 Å². The topological polar surface area (TPSA) is 72.1 Å². The van der Waals surface area contributed by atoms with Gasteiger partial charge in [-0.25, -0.2) is 9.67 Å². The van der Waals surface area contributed by atoms with Gasteiger partial charge in [0.05, 0.1) is 30.3 Å². The van der Waals surface area contributed by atoms with Crippen molar-refractivity contribution in [1.29, 1.82) is 0 Å². The zero-order chi connectivity index (χ0) is 18.3. The van der Waals surface area contributed by atoms with Gasteiger partial charge in [-0.15, -0.1) is 0 Å². The Bertz CT molecular complexity index is 937. The van der Waals surface area contributed by atoms with Gasteiger partial charge in [0.2, 0.25) is 0 Å². The fourth-order valence-corrected chi connectivity index (χ4v) is 3.21. The largest absolute Gasteiger partial charge is 0.357 e. The predicted molar refractivity (Wildman–Crippen MR) is 98.6 cm³/mol. The van der Waals surface area contributed by atoms with Gasteiger partial charge in [0, 0.05) is 38.1 Å². The van der Waals surface area contributed by atoms with Crippen LogP contribution in [0.4, 0.5) is 11.5 Å². The lowest BCUT2D eigenvalue weighted by Crippen LogP contribution is -2.24. The monoisotopic (exact) mass is 351 g/mol. The fraction of sp³-hybridized carbons (Fsp3) is 0.333. The molecule has 1 aliphatic rings. The van der Waals surface area contributed by atoms with Gasteiger partial charge in [-0.3, -0.25) is 14.4 Å². The van der Waals surface area contributed by atoms with E-state index in [2.05, 4.69) is 33.9 Å². The van der Waals surface area contributed by atoms with Crippen molar-refractivity contribution in [3.8, 4) is 5.69 Å². The van der Waals surface area contributed by atoms with Crippen LogP contribution in [0.15, 0.2) is 36.9 Å². The third-order valence-corrected chi connectivity index (χ3v) is 4.65. The highest BCUT2D eigenvalue weighted by Crippen LogP contribution is 2.28. The molecular formula is C18H21N7O. The van der Waals surface area contributed by atoms with E-state index in [-0.39, 0.29) is 5.91 Å². The summed E-state index contributed by atoms with van der Waals surface area (Å²) in [6, 6.07) is 3.96. The first-order valence-corrected chi connectivity index (χ1v) is 8.71. The van der Waals surface area contributed by atoms with E-state index in [0.717, 1.165) is 35.8 Å². The molecule has 8 heteroatoms. The molecular weight excluding hydrogens is 330 g/mol. The summed E-state index contributed by atoms with van der Waals surface area (Å²) in [6.45, 7) is 6.55. The number of carbonyl (C=O) groups is 1. The molecule has 1 aliphatic heterocycles. The highest BCUT2D eigenvalue weighted by molar-refractivity contribution is 6.08. The van der Waals surface area contributed by atoms with E-state index in [9.17, 15) is 4.79 Å². The van der Waals surface area contributed by atoms with Crippen LogP contribution in [-0.2, 0) is 13.6 Å². The molecule has 4 heterocycles. The zero-order valence-electron chi connectivity index (χ0n) is 15.1. The van der Waals surface area contributed by atoms with E-state index in [0.29, 0.717) is 12.2 Å². The first-order chi connectivity index (χ1) is 12.6. The molecule has 0 radical (unpaired) electrons. The maximum atomic E-state index is 12.7. The number of fused-ring (bicyclic) bond motifs is 1. The van der Waals surface area contributed by atoms with Crippen molar-refractivity contribution in [1.82, 2.24) is 24.5 Å². The molecule has 0 fully saturated rings. The summed E-state index contributed by atoms with van der Waals surface area (Å²) < 4.78 is 3.41. The second-order valence-corrected chi connectivity index (χ2v) is 6.26. The Labute approximate surface area is 151 Å². The Morgan fingerprint density at radius 2 is 1.92 bits per heavy atom. The van der Waals surface area contributed by atoms with E-state index in [1.54, 1.807) is 26.7 Å². The number of aromatic nitrogens is 5. The fourth-order valence-electron chi connectivity index (χ4n) is 3.21. The lowest BCUT2D eigenvalue weighted by atomic mass is 10.3. The number of pyridine rings is 1. The smallest absolute Gasteiger partial charge is 0.279 e. The molecule has 0 bridgehead atoms. The number of hydrogen-bond acceptors (Lipinski definition) is 5. The standard InChI is InChI=1S/C18H21N7O/c1-4-23(5-2)16-7-6-14(8-19-16)25-11-13-10-24(18(26)17(13)21-25)15-9-20-22(3)12-15/h6-9,11-12H,4-5,10H2,1-3H3. The van der Waals surface area contributed by atoms with Gasteiger partial charge < -0.3 is 4.90 Å². The van der Waals surface area contributed by atoms with Gasteiger partial charge in [-0.2, -0.15) is 10.2 Å². The SMILES string of the molecule is CCN(CC)c1ccc(-n2cc3c(n2)C(=O)N(c2cnn(C)c2)C3)cn1. The van der Waals surface area contributed by atoms with Gasteiger partial charge in [-0.05, 0) is 26.0 Å². The molecule has 0 unspecified atom stereocenters. The van der Waals surface area contributed by atoms with E-state index < -0.39 is 0 Å². The summed E-state index contributed by atoms with van der Waals surface area (Å²) in [4.78, 5) is 21.1. The Kier molecular flexibility index (Phi) is 3.95. The average Bonchev–Trinajstić information content (AvgIpc) is 3.33. The number of aryl methyl sites for hydroxylation is 1. The Morgan fingerprint density at radius 1 is 1.12 bits per heavy atom. The third kappa shape index (κ3) is 2.63. The van der Waals surface area contributed by atoms with Crippen molar-refractivity contribution < 1.29 is 4.79 Å². The van der Waals surface area contributed by atoms with Crippen LogP contribution in [0.1, 0.15) is 29.9 Å². The first-order valence-electron chi connectivity index (χ1n) is 8.71. The number of anilines is 2. The molecule has 0 aliphatic carbocycles. The number of hydrogen-bond donors (Lipinski definition) is 0. The Hall–Kier alpha value is -3.16. The Balaban J connectivity index is 1.57. The molecule has 3 aromatic heterocycles. The molecule has 26 heavy (non-hydrogen) atoms. The lowest BCUT2D eigenvalue weighted by Gasteiger charge is -2.19. The van der Waals surface area contributed by atoms with Crippen molar-refractivity contribution in [2.75, 3.05) is 22.9 Å². The first kappa shape index (κ1) is 16.3. The number of rotatable bonds is 5.